The van der Waals surface area contributed by atoms with Crippen LogP contribution >= 0.6 is 11.8 Å². The Balaban J connectivity index is 2.22. The van der Waals surface area contributed by atoms with Crippen LogP contribution in [-0.4, -0.2) is 43.4 Å². The second-order valence-electron chi connectivity index (χ2n) is 5.07. The van der Waals surface area contributed by atoms with Gasteiger partial charge in [-0.15, -0.1) is 0 Å². The Bertz CT molecular complexity index is 609. The number of halogens is 2. The number of hydrogen-bond donors (Lipinski definition) is 1. The van der Waals surface area contributed by atoms with Crippen molar-refractivity contribution in [2.24, 2.45) is 5.73 Å². The highest BCUT2D eigenvalue weighted by atomic mass is 32.2. The lowest BCUT2D eigenvalue weighted by atomic mass is 9.97. The summed E-state index contributed by atoms with van der Waals surface area (Å²) >= 11 is 1.64. The molecule has 2 rings (SSSR count). The molecule has 0 aromatic heterocycles. The van der Waals surface area contributed by atoms with E-state index in [1.165, 1.54) is 4.31 Å². The van der Waals surface area contributed by atoms with Gasteiger partial charge in [0.1, 0.15) is 16.5 Å². The van der Waals surface area contributed by atoms with E-state index in [1.807, 2.05) is 6.26 Å². The van der Waals surface area contributed by atoms with Gasteiger partial charge in [-0.3, -0.25) is 0 Å². The van der Waals surface area contributed by atoms with E-state index >= 15 is 0 Å². The Morgan fingerprint density at radius 1 is 1.33 bits per heavy atom. The highest BCUT2D eigenvalue weighted by molar-refractivity contribution is 8.00. The monoisotopic (exact) mass is 336 g/mol. The number of benzene rings is 1. The highest BCUT2D eigenvalue weighted by Crippen LogP contribution is 2.35. The van der Waals surface area contributed by atoms with E-state index in [1.54, 1.807) is 11.8 Å². The zero-order valence-electron chi connectivity index (χ0n) is 11.7. The third-order valence-electron chi connectivity index (χ3n) is 3.95. The molecular formula is C13H18F2N2O2S2. The largest absolute Gasteiger partial charge is 0.329 e. The molecule has 21 heavy (non-hydrogen) atoms. The molecule has 1 saturated heterocycles. The smallest absolute Gasteiger partial charge is 0.245 e. The Morgan fingerprint density at radius 2 is 1.95 bits per heavy atom. The molecule has 0 amide bonds. The van der Waals surface area contributed by atoms with Crippen LogP contribution in [0.4, 0.5) is 8.78 Å². The van der Waals surface area contributed by atoms with Crippen LogP contribution in [0.15, 0.2) is 23.1 Å². The van der Waals surface area contributed by atoms with Crippen LogP contribution in [0.5, 0.6) is 0 Å². The van der Waals surface area contributed by atoms with Crippen LogP contribution in [0.2, 0.25) is 0 Å². The maximum atomic E-state index is 13.7. The summed E-state index contributed by atoms with van der Waals surface area (Å²) in [5.41, 5.74) is 5.76. The summed E-state index contributed by atoms with van der Waals surface area (Å²) in [4.78, 5) is -0.478. The molecule has 1 aliphatic rings. The van der Waals surface area contributed by atoms with E-state index < -0.39 is 26.6 Å². The third-order valence-corrected chi connectivity index (χ3v) is 7.32. The van der Waals surface area contributed by atoms with E-state index in [-0.39, 0.29) is 17.8 Å². The van der Waals surface area contributed by atoms with E-state index in [0.717, 1.165) is 12.1 Å². The first-order valence-corrected chi connectivity index (χ1v) is 9.21. The van der Waals surface area contributed by atoms with Gasteiger partial charge in [0.25, 0.3) is 0 Å². The van der Waals surface area contributed by atoms with Crippen molar-refractivity contribution in [2.45, 2.75) is 22.5 Å². The average Bonchev–Trinajstić information content (AvgIpc) is 2.47. The van der Waals surface area contributed by atoms with Crippen molar-refractivity contribution < 1.29 is 17.2 Å². The molecule has 1 fully saturated rings. The van der Waals surface area contributed by atoms with Gasteiger partial charge < -0.3 is 5.73 Å². The topological polar surface area (TPSA) is 63.4 Å². The van der Waals surface area contributed by atoms with Gasteiger partial charge in [0.15, 0.2) is 0 Å². The second kappa shape index (κ2) is 6.20. The molecule has 8 heteroatoms. The van der Waals surface area contributed by atoms with Crippen molar-refractivity contribution in [1.29, 1.82) is 0 Å². The van der Waals surface area contributed by atoms with Crippen molar-refractivity contribution in [2.75, 3.05) is 25.9 Å². The fraction of sp³-hybridized carbons (Fsp3) is 0.538. The fourth-order valence-electron chi connectivity index (χ4n) is 2.45. The number of hydrogen-bond acceptors (Lipinski definition) is 4. The van der Waals surface area contributed by atoms with Crippen LogP contribution in [0.25, 0.3) is 0 Å². The van der Waals surface area contributed by atoms with Crippen LogP contribution in [0, 0.1) is 11.6 Å². The van der Waals surface area contributed by atoms with Gasteiger partial charge in [0.2, 0.25) is 10.0 Å². The van der Waals surface area contributed by atoms with Crippen LogP contribution < -0.4 is 5.73 Å². The molecule has 1 heterocycles. The number of nitrogens with two attached hydrogens (primary N) is 1. The van der Waals surface area contributed by atoms with Crippen molar-refractivity contribution in [3.8, 4) is 0 Å². The molecular weight excluding hydrogens is 318 g/mol. The summed E-state index contributed by atoms with van der Waals surface area (Å²) in [7, 11) is -3.93. The fourth-order valence-corrected chi connectivity index (χ4v) is 4.69. The van der Waals surface area contributed by atoms with Crippen molar-refractivity contribution in [3.63, 3.8) is 0 Å². The highest BCUT2D eigenvalue weighted by Gasteiger charge is 2.38. The van der Waals surface area contributed by atoms with Crippen molar-refractivity contribution >= 4 is 21.8 Å². The molecule has 0 radical (unpaired) electrons. The Hall–Kier alpha value is -0.700. The van der Waals surface area contributed by atoms with Gasteiger partial charge in [-0.25, -0.2) is 17.2 Å². The summed E-state index contributed by atoms with van der Waals surface area (Å²) < 4.78 is 52.6. The Morgan fingerprint density at radius 3 is 2.43 bits per heavy atom. The molecule has 118 valence electrons. The number of sulfonamides is 1. The summed E-state index contributed by atoms with van der Waals surface area (Å²) in [6, 6.07) is 2.51. The third kappa shape index (κ3) is 3.23. The predicted molar refractivity (Wildman–Crippen MR) is 79.7 cm³/mol. The Labute approximate surface area is 127 Å². The molecule has 0 atom stereocenters. The quantitative estimate of drug-likeness (QED) is 0.911. The van der Waals surface area contributed by atoms with Crippen molar-refractivity contribution in [1.82, 2.24) is 4.31 Å². The van der Waals surface area contributed by atoms with E-state index in [9.17, 15) is 17.2 Å². The molecule has 1 aliphatic heterocycles. The molecule has 0 saturated carbocycles. The van der Waals surface area contributed by atoms with Crippen molar-refractivity contribution in [3.05, 3.63) is 29.8 Å². The minimum absolute atomic E-state index is 0.118. The minimum atomic E-state index is -3.93. The standard InChI is InChI=1S/C13H18F2N2O2S2/c1-20-13(9-16)4-6-17(7-5-13)21(18,19)12-3-2-10(14)8-11(12)15/h2-3,8H,4-7,9,16H2,1H3. The summed E-state index contributed by atoms with van der Waals surface area (Å²) in [5.74, 6) is -1.86. The van der Waals surface area contributed by atoms with Gasteiger partial charge >= 0.3 is 0 Å². The lowest BCUT2D eigenvalue weighted by molar-refractivity contribution is 0.300. The van der Waals surface area contributed by atoms with E-state index in [0.29, 0.717) is 25.5 Å². The van der Waals surface area contributed by atoms with Gasteiger partial charge in [0, 0.05) is 30.4 Å². The second-order valence-corrected chi connectivity index (χ2v) is 8.25. The lowest BCUT2D eigenvalue weighted by Gasteiger charge is -2.39. The average molecular weight is 336 g/mol. The maximum Gasteiger partial charge on any atom is 0.245 e. The first kappa shape index (κ1) is 16.7. The number of nitrogens with zero attached hydrogens (tertiary/aromatic N) is 1. The molecule has 1 aromatic carbocycles. The Kier molecular flexibility index (Phi) is 4.92. The summed E-state index contributed by atoms with van der Waals surface area (Å²) in [5, 5.41) is 0. The van der Waals surface area contributed by atoms with Gasteiger partial charge in [-0.2, -0.15) is 16.1 Å². The molecule has 4 nitrogen and oxygen atoms in total. The summed E-state index contributed by atoms with van der Waals surface area (Å²) in [6.07, 6.45) is 3.19. The SMILES string of the molecule is CSC1(CN)CCN(S(=O)(=O)c2ccc(F)cc2F)CC1. The van der Waals surface area contributed by atoms with Crippen LogP contribution in [0.1, 0.15) is 12.8 Å². The van der Waals surface area contributed by atoms with Crippen LogP contribution in [0.3, 0.4) is 0 Å². The summed E-state index contributed by atoms with van der Waals surface area (Å²) in [6.45, 7) is 1.06. The molecule has 1 aromatic rings. The molecule has 0 unspecified atom stereocenters. The maximum absolute atomic E-state index is 13.7. The zero-order valence-corrected chi connectivity index (χ0v) is 13.3. The zero-order chi connectivity index (χ0) is 15.7. The lowest BCUT2D eigenvalue weighted by Crippen LogP contribution is -2.48. The molecule has 0 aliphatic carbocycles. The molecule has 0 bridgehead atoms. The number of rotatable bonds is 4. The first-order valence-electron chi connectivity index (χ1n) is 6.55. The number of piperidine rings is 1. The van der Waals surface area contributed by atoms with E-state index in [4.69, 9.17) is 5.73 Å². The van der Waals surface area contributed by atoms with Gasteiger partial charge in [0.05, 0.1) is 0 Å². The molecule has 2 N–H and O–H groups in total. The minimum Gasteiger partial charge on any atom is -0.329 e. The van der Waals surface area contributed by atoms with E-state index in [2.05, 4.69) is 0 Å². The molecule has 0 spiro atoms. The predicted octanol–water partition coefficient (Wildman–Crippen LogP) is 1.81. The van der Waals surface area contributed by atoms with Crippen LogP contribution in [-0.2, 0) is 10.0 Å². The normalized spacial score (nSPS) is 19.6. The first-order chi connectivity index (χ1) is 9.84. The van der Waals surface area contributed by atoms with Gasteiger partial charge in [-0.05, 0) is 31.2 Å². The number of thioether (sulfide) groups is 1. The van der Waals surface area contributed by atoms with Gasteiger partial charge in [-0.1, -0.05) is 0 Å².